The lowest BCUT2D eigenvalue weighted by atomic mass is 10.0. The normalized spacial score (nSPS) is 21.8. The van der Waals surface area contributed by atoms with E-state index < -0.39 is 12.0 Å². The van der Waals surface area contributed by atoms with Gasteiger partial charge in [-0.15, -0.1) is 0 Å². The van der Waals surface area contributed by atoms with Gasteiger partial charge in [0.25, 0.3) is 0 Å². The molecule has 4 heteroatoms. The largest absolute Gasteiger partial charge is 0.480 e. The van der Waals surface area contributed by atoms with Crippen molar-refractivity contribution >= 4 is 5.97 Å². The highest BCUT2D eigenvalue weighted by Gasteiger charge is 2.32. The van der Waals surface area contributed by atoms with Crippen molar-refractivity contribution in [2.75, 3.05) is 0 Å². The highest BCUT2D eigenvalue weighted by atomic mass is 16.4. The van der Waals surface area contributed by atoms with E-state index in [2.05, 4.69) is 5.32 Å². The molecule has 3 rings (SSSR count). The van der Waals surface area contributed by atoms with E-state index in [-0.39, 0.29) is 12.1 Å². The van der Waals surface area contributed by atoms with Gasteiger partial charge in [0.1, 0.15) is 6.04 Å². The first-order valence-electron chi connectivity index (χ1n) is 7.05. The second-order valence-corrected chi connectivity index (χ2v) is 5.37. The number of hydrogen-bond donors (Lipinski definition) is 3. The molecule has 108 valence electrons. The van der Waals surface area contributed by atoms with E-state index in [1.165, 1.54) is 0 Å². The fourth-order valence-electron chi connectivity index (χ4n) is 2.99. The number of hydrogen-bond acceptors (Lipinski definition) is 3. The van der Waals surface area contributed by atoms with Crippen LogP contribution >= 0.6 is 0 Å². The van der Waals surface area contributed by atoms with Crippen molar-refractivity contribution in [1.82, 2.24) is 5.32 Å². The van der Waals surface area contributed by atoms with E-state index in [0.29, 0.717) is 0 Å². The second-order valence-electron chi connectivity index (χ2n) is 5.37. The Kier molecular flexibility index (Phi) is 3.73. The topological polar surface area (TPSA) is 75.3 Å². The molecule has 0 spiro atoms. The minimum atomic E-state index is -0.876. The molecule has 3 unspecified atom stereocenters. The van der Waals surface area contributed by atoms with Crippen LogP contribution in [-0.4, -0.2) is 11.1 Å². The number of rotatable bonds is 4. The van der Waals surface area contributed by atoms with Crippen LogP contribution in [0, 0.1) is 0 Å². The quantitative estimate of drug-likeness (QED) is 0.805. The molecule has 4 N–H and O–H groups in total. The van der Waals surface area contributed by atoms with Crippen molar-refractivity contribution in [3.05, 3.63) is 71.3 Å². The molecule has 0 bridgehead atoms. The first kappa shape index (κ1) is 13.8. The van der Waals surface area contributed by atoms with Crippen LogP contribution in [0.4, 0.5) is 0 Å². The average molecular weight is 282 g/mol. The SMILES string of the molecule is NC1CC(NC(C(=O)O)c2ccccc2)c2ccccc21. The Hall–Kier alpha value is -2.17. The van der Waals surface area contributed by atoms with Crippen LogP contribution in [0.1, 0.15) is 41.2 Å². The third-order valence-corrected chi connectivity index (χ3v) is 4.01. The van der Waals surface area contributed by atoms with Gasteiger partial charge in [0.2, 0.25) is 0 Å². The Balaban J connectivity index is 1.87. The lowest BCUT2D eigenvalue weighted by Gasteiger charge is -2.21. The van der Waals surface area contributed by atoms with Gasteiger partial charge in [0, 0.05) is 12.1 Å². The van der Waals surface area contributed by atoms with Crippen molar-refractivity contribution in [3.63, 3.8) is 0 Å². The van der Waals surface area contributed by atoms with Gasteiger partial charge in [-0.05, 0) is 23.1 Å². The van der Waals surface area contributed by atoms with Crippen molar-refractivity contribution in [1.29, 1.82) is 0 Å². The molecule has 0 heterocycles. The van der Waals surface area contributed by atoms with Gasteiger partial charge in [-0.25, -0.2) is 0 Å². The highest BCUT2D eigenvalue weighted by Crippen LogP contribution is 2.38. The Morgan fingerprint density at radius 3 is 2.38 bits per heavy atom. The summed E-state index contributed by atoms with van der Waals surface area (Å²) in [6.45, 7) is 0. The Labute approximate surface area is 123 Å². The molecule has 3 atom stereocenters. The molecule has 0 aromatic heterocycles. The molecule has 21 heavy (non-hydrogen) atoms. The summed E-state index contributed by atoms with van der Waals surface area (Å²) in [6, 6.07) is 16.4. The molecular formula is C17H18N2O2. The first-order valence-corrected chi connectivity index (χ1v) is 7.05. The Morgan fingerprint density at radius 2 is 1.71 bits per heavy atom. The summed E-state index contributed by atoms with van der Waals surface area (Å²) >= 11 is 0. The Morgan fingerprint density at radius 1 is 1.10 bits per heavy atom. The predicted molar refractivity (Wildman–Crippen MR) is 80.7 cm³/mol. The maximum Gasteiger partial charge on any atom is 0.325 e. The van der Waals surface area contributed by atoms with Crippen molar-refractivity contribution in [2.24, 2.45) is 5.73 Å². The smallest absolute Gasteiger partial charge is 0.325 e. The number of carboxylic acid groups (broad SMARTS) is 1. The maximum absolute atomic E-state index is 11.6. The molecule has 0 aliphatic heterocycles. The zero-order valence-corrected chi connectivity index (χ0v) is 11.6. The van der Waals surface area contributed by atoms with Crippen LogP contribution in [0.15, 0.2) is 54.6 Å². The molecule has 4 nitrogen and oxygen atoms in total. The number of nitrogens with two attached hydrogens (primary N) is 1. The molecule has 2 aromatic carbocycles. The predicted octanol–water partition coefficient (Wildman–Crippen LogP) is 2.55. The van der Waals surface area contributed by atoms with Crippen molar-refractivity contribution in [3.8, 4) is 0 Å². The highest BCUT2D eigenvalue weighted by molar-refractivity contribution is 5.75. The fraction of sp³-hybridized carbons (Fsp3) is 0.235. The number of carboxylic acids is 1. The number of benzene rings is 2. The molecule has 0 saturated carbocycles. The van der Waals surface area contributed by atoms with E-state index in [4.69, 9.17) is 5.73 Å². The third-order valence-electron chi connectivity index (χ3n) is 4.01. The van der Waals surface area contributed by atoms with Gasteiger partial charge in [-0.1, -0.05) is 54.6 Å². The maximum atomic E-state index is 11.6. The van der Waals surface area contributed by atoms with Crippen LogP contribution in [0.3, 0.4) is 0 Å². The number of carbonyl (C=O) groups is 1. The van der Waals surface area contributed by atoms with Gasteiger partial charge >= 0.3 is 5.97 Å². The van der Waals surface area contributed by atoms with E-state index in [1.54, 1.807) is 0 Å². The molecule has 0 saturated heterocycles. The van der Waals surface area contributed by atoms with Crippen LogP contribution in [0.25, 0.3) is 0 Å². The Bertz CT molecular complexity index is 642. The molecule has 1 aliphatic rings. The van der Waals surface area contributed by atoms with Gasteiger partial charge in [-0.3, -0.25) is 10.1 Å². The van der Waals surface area contributed by atoms with E-state index in [0.717, 1.165) is 23.1 Å². The summed E-state index contributed by atoms with van der Waals surface area (Å²) in [6.07, 6.45) is 0.718. The third kappa shape index (κ3) is 2.68. The standard InChI is InChI=1S/C17H18N2O2/c18-14-10-15(13-9-5-4-8-12(13)14)19-16(17(20)21)11-6-2-1-3-7-11/h1-9,14-16,19H,10,18H2,(H,20,21). The zero-order valence-electron chi connectivity index (χ0n) is 11.6. The molecule has 0 amide bonds. The fourth-order valence-corrected chi connectivity index (χ4v) is 2.99. The molecule has 0 fully saturated rings. The van der Waals surface area contributed by atoms with Crippen molar-refractivity contribution < 1.29 is 9.90 Å². The van der Waals surface area contributed by atoms with Gasteiger partial charge in [0.05, 0.1) is 0 Å². The summed E-state index contributed by atoms with van der Waals surface area (Å²) in [5.41, 5.74) is 9.10. The summed E-state index contributed by atoms with van der Waals surface area (Å²) in [5.74, 6) is -0.876. The molecular weight excluding hydrogens is 264 g/mol. The average Bonchev–Trinajstić information content (AvgIpc) is 2.82. The van der Waals surface area contributed by atoms with Crippen LogP contribution in [-0.2, 0) is 4.79 Å². The van der Waals surface area contributed by atoms with Gasteiger partial charge < -0.3 is 10.8 Å². The summed E-state index contributed by atoms with van der Waals surface area (Å²) < 4.78 is 0. The lowest BCUT2D eigenvalue weighted by molar-refractivity contribution is -0.139. The molecule has 0 radical (unpaired) electrons. The minimum Gasteiger partial charge on any atom is -0.480 e. The first-order chi connectivity index (χ1) is 10.2. The van der Waals surface area contributed by atoms with Crippen LogP contribution < -0.4 is 11.1 Å². The molecule has 1 aliphatic carbocycles. The molecule has 2 aromatic rings. The van der Waals surface area contributed by atoms with Gasteiger partial charge in [-0.2, -0.15) is 0 Å². The number of nitrogens with one attached hydrogen (secondary N) is 1. The van der Waals surface area contributed by atoms with E-state index in [9.17, 15) is 9.90 Å². The summed E-state index contributed by atoms with van der Waals surface area (Å²) in [4.78, 5) is 11.6. The van der Waals surface area contributed by atoms with E-state index >= 15 is 0 Å². The van der Waals surface area contributed by atoms with Crippen LogP contribution in [0.5, 0.6) is 0 Å². The number of fused-ring (bicyclic) bond motifs is 1. The zero-order chi connectivity index (χ0) is 14.8. The van der Waals surface area contributed by atoms with Crippen molar-refractivity contribution in [2.45, 2.75) is 24.5 Å². The van der Waals surface area contributed by atoms with E-state index in [1.807, 2.05) is 54.6 Å². The van der Waals surface area contributed by atoms with Gasteiger partial charge in [0.15, 0.2) is 0 Å². The minimum absolute atomic E-state index is 0.0301. The second kappa shape index (κ2) is 5.68. The van der Waals surface area contributed by atoms with Crippen LogP contribution in [0.2, 0.25) is 0 Å². The summed E-state index contributed by atoms with van der Waals surface area (Å²) in [5, 5.41) is 12.7. The lowest BCUT2D eigenvalue weighted by Crippen LogP contribution is -2.31. The number of aliphatic carboxylic acids is 1. The monoisotopic (exact) mass is 282 g/mol. The summed E-state index contributed by atoms with van der Waals surface area (Å²) in [7, 11) is 0.